The Morgan fingerprint density at radius 3 is 2.71 bits per heavy atom. The van der Waals surface area contributed by atoms with Gasteiger partial charge >= 0.3 is 6.01 Å². The highest BCUT2D eigenvalue weighted by Crippen LogP contribution is 2.30. The zero-order chi connectivity index (χ0) is 12.1. The molecule has 0 amide bonds. The molecule has 0 radical (unpaired) electrons. The summed E-state index contributed by atoms with van der Waals surface area (Å²) < 4.78 is 5.42. The van der Waals surface area contributed by atoms with Gasteiger partial charge in [0, 0.05) is 12.4 Å². The van der Waals surface area contributed by atoms with Crippen molar-refractivity contribution in [2.24, 2.45) is 0 Å². The molecule has 0 spiro atoms. The van der Waals surface area contributed by atoms with E-state index in [1.807, 2.05) is 12.1 Å². The first-order valence-corrected chi connectivity index (χ1v) is 5.56. The average molecular weight is 230 g/mol. The number of phenolic OH excluding ortho intramolecular Hbond substituents is 1. The monoisotopic (exact) mass is 230 g/mol. The van der Waals surface area contributed by atoms with E-state index >= 15 is 0 Å². The van der Waals surface area contributed by atoms with Crippen LogP contribution in [-0.4, -0.2) is 15.1 Å². The minimum atomic E-state index is 0.0947. The molecular weight excluding hydrogens is 216 g/mol. The fraction of sp³-hybridized carbons (Fsp3) is 0.231. The number of benzene rings is 1. The van der Waals surface area contributed by atoms with E-state index in [0.29, 0.717) is 5.75 Å². The lowest BCUT2D eigenvalue weighted by Crippen LogP contribution is -1.92. The van der Waals surface area contributed by atoms with Crippen molar-refractivity contribution in [2.45, 2.75) is 19.8 Å². The Hall–Kier alpha value is -2.10. The number of aromatic nitrogens is 2. The summed E-state index contributed by atoms with van der Waals surface area (Å²) in [6.45, 7) is 2.10. The van der Waals surface area contributed by atoms with Gasteiger partial charge in [0.2, 0.25) is 0 Å². The lowest BCUT2D eigenvalue weighted by atomic mass is 10.1. The Morgan fingerprint density at radius 2 is 2.00 bits per heavy atom. The van der Waals surface area contributed by atoms with Crippen LogP contribution in [0.1, 0.15) is 18.9 Å². The molecule has 4 nitrogen and oxygen atoms in total. The van der Waals surface area contributed by atoms with Gasteiger partial charge in [-0.05, 0) is 30.2 Å². The third-order valence-electron chi connectivity index (χ3n) is 2.31. The van der Waals surface area contributed by atoms with E-state index < -0.39 is 0 Å². The first-order valence-electron chi connectivity index (χ1n) is 5.56. The fourth-order valence-corrected chi connectivity index (χ4v) is 1.52. The van der Waals surface area contributed by atoms with E-state index in [9.17, 15) is 5.11 Å². The number of aromatic hydroxyl groups is 1. The molecule has 2 rings (SSSR count). The van der Waals surface area contributed by atoms with Crippen molar-refractivity contribution in [1.29, 1.82) is 0 Å². The van der Waals surface area contributed by atoms with E-state index in [0.717, 1.165) is 18.4 Å². The molecular formula is C13H14N2O2. The van der Waals surface area contributed by atoms with Gasteiger partial charge in [0.1, 0.15) is 0 Å². The van der Waals surface area contributed by atoms with Crippen LogP contribution in [0.25, 0.3) is 0 Å². The van der Waals surface area contributed by atoms with Gasteiger partial charge in [-0.1, -0.05) is 19.4 Å². The van der Waals surface area contributed by atoms with Crippen molar-refractivity contribution in [3.63, 3.8) is 0 Å². The third kappa shape index (κ3) is 2.93. The summed E-state index contributed by atoms with van der Waals surface area (Å²) in [5.41, 5.74) is 1.12. The summed E-state index contributed by atoms with van der Waals surface area (Å²) in [5.74, 6) is 0.486. The Labute approximate surface area is 99.9 Å². The predicted octanol–water partition coefficient (Wildman–Crippen LogP) is 2.93. The lowest BCUT2D eigenvalue weighted by molar-refractivity contribution is 0.391. The zero-order valence-electron chi connectivity index (χ0n) is 9.63. The van der Waals surface area contributed by atoms with E-state index in [-0.39, 0.29) is 11.8 Å². The topological polar surface area (TPSA) is 55.2 Å². The minimum absolute atomic E-state index is 0.0947. The largest absolute Gasteiger partial charge is 0.504 e. The molecule has 88 valence electrons. The van der Waals surface area contributed by atoms with E-state index in [4.69, 9.17) is 4.74 Å². The van der Waals surface area contributed by atoms with Gasteiger partial charge in [-0.3, -0.25) is 0 Å². The van der Waals surface area contributed by atoms with Gasteiger partial charge in [0.15, 0.2) is 11.5 Å². The number of hydrogen-bond donors (Lipinski definition) is 1. The molecule has 0 fully saturated rings. The number of nitrogens with zero attached hydrogens (tertiary/aromatic N) is 2. The summed E-state index contributed by atoms with van der Waals surface area (Å²) in [4.78, 5) is 7.89. The van der Waals surface area contributed by atoms with Crippen LogP contribution >= 0.6 is 0 Å². The summed E-state index contributed by atoms with van der Waals surface area (Å²) in [6, 6.07) is 7.27. The van der Waals surface area contributed by atoms with Crippen molar-refractivity contribution in [3.05, 3.63) is 42.2 Å². The number of aryl methyl sites for hydroxylation is 1. The highest BCUT2D eigenvalue weighted by molar-refractivity contribution is 5.43. The maximum atomic E-state index is 9.68. The van der Waals surface area contributed by atoms with Gasteiger partial charge in [0.05, 0.1) is 0 Å². The second kappa shape index (κ2) is 5.30. The highest BCUT2D eigenvalue weighted by Gasteiger charge is 2.06. The Balaban J connectivity index is 2.22. The Kier molecular flexibility index (Phi) is 3.55. The van der Waals surface area contributed by atoms with Gasteiger partial charge in [0.25, 0.3) is 0 Å². The molecule has 1 N–H and O–H groups in total. The minimum Gasteiger partial charge on any atom is -0.504 e. The van der Waals surface area contributed by atoms with Crippen LogP contribution in [0.2, 0.25) is 0 Å². The molecule has 0 aliphatic heterocycles. The van der Waals surface area contributed by atoms with Crippen LogP contribution in [0, 0.1) is 0 Å². The summed E-state index contributed by atoms with van der Waals surface area (Å²) in [7, 11) is 0. The summed E-state index contributed by atoms with van der Waals surface area (Å²) in [5, 5.41) is 9.68. The molecule has 0 saturated carbocycles. The highest BCUT2D eigenvalue weighted by atomic mass is 16.5. The summed E-state index contributed by atoms with van der Waals surface area (Å²) >= 11 is 0. The molecule has 1 aromatic heterocycles. The van der Waals surface area contributed by atoms with Gasteiger partial charge in [-0.15, -0.1) is 0 Å². The molecule has 2 aromatic rings. The van der Waals surface area contributed by atoms with Crippen LogP contribution in [0.5, 0.6) is 17.5 Å². The van der Waals surface area contributed by atoms with Crippen molar-refractivity contribution < 1.29 is 9.84 Å². The van der Waals surface area contributed by atoms with Crippen molar-refractivity contribution in [2.75, 3.05) is 0 Å². The molecule has 0 unspecified atom stereocenters. The molecule has 0 atom stereocenters. The molecule has 0 bridgehead atoms. The first kappa shape index (κ1) is 11.4. The standard InChI is InChI=1S/C13H14N2O2/c1-2-4-10-5-6-11(16)12(9-10)17-13-14-7-3-8-15-13/h3,5-9,16H,2,4H2,1H3. The van der Waals surface area contributed by atoms with Crippen LogP contribution in [0.3, 0.4) is 0 Å². The smallest absolute Gasteiger partial charge is 0.321 e. The number of phenols is 1. The van der Waals surface area contributed by atoms with Crippen molar-refractivity contribution >= 4 is 0 Å². The molecule has 0 saturated heterocycles. The second-order valence-electron chi connectivity index (χ2n) is 3.69. The van der Waals surface area contributed by atoms with Crippen LogP contribution in [0.15, 0.2) is 36.7 Å². The Morgan fingerprint density at radius 1 is 1.24 bits per heavy atom. The SMILES string of the molecule is CCCc1ccc(O)c(Oc2ncccn2)c1. The van der Waals surface area contributed by atoms with Gasteiger partial charge in [-0.25, -0.2) is 9.97 Å². The van der Waals surface area contributed by atoms with Crippen molar-refractivity contribution in [3.8, 4) is 17.5 Å². The lowest BCUT2D eigenvalue weighted by Gasteiger charge is -2.07. The van der Waals surface area contributed by atoms with Crippen molar-refractivity contribution in [1.82, 2.24) is 9.97 Å². The normalized spacial score (nSPS) is 10.2. The van der Waals surface area contributed by atoms with Crippen LogP contribution < -0.4 is 4.74 Å². The van der Waals surface area contributed by atoms with E-state index in [1.165, 1.54) is 0 Å². The fourth-order valence-electron chi connectivity index (χ4n) is 1.52. The molecule has 0 aliphatic carbocycles. The number of ether oxygens (including phenoxy) is 1. The molecule has 1 aromatic carbocycles. The average Bonchev–Trinajstić information content (AvgIpc) is 2.35. The zero-order valence-corrected chi connectivity index (χ0v) is 9.63. The predicted molar refractivity (Wildman–Crippen MR) is 64.2 cm³/mol. The molecule has 4 heteroatoms. The van der Waals surface area contributed by atoms with Gasteiger partial charge in [-0.2, -0.15) is 0 Å². The maximum absolute atomic E-state index is 9.68. The molecule has 0 aliphatic rings. The molecule has 1 heterocycles. The third-order valence-corrected chi connectivity index (χ3v) is 2.31. The van der Waals surface area contributed by atoms with E-state index in [1.54, 1.807) is 24.5 Å². The van der Waals surface area contributed by atoms with Gasteiger partial charge < -0.3 is 9.84 Å². The van der Waals surface area contributed by atoms with E-state index in [2.05, 4.69) is 16.9 Å². The van der Waals surface area contributed by atoms with Crippen LogP contribution in [0.4, 0.5) is 0 Å². The number of hydrogen-bond acceptors (Lipinski definition) is 4. The molecule has 17 heavy (non-hydrogen) atoms. The summed E-state index contributed by atoms with van der Waals surface area (Å²) in [6.07, 6.45) is 5.18. The second-order valence-corrected chi connectivity index (χ2v) is 3.69. The first-order chi connectivity index (χ1) is 8.29. The number of rotatable bonds is 4. The van der Waals surface area contributed by atoms with Crippen LogP contribution in [-0.2, 0) is 6.42 Å². The Bertz CT molecular complexity index is 486. The quantitative estimate of drug-likeness (QED) is 0.877. The maximum Gasteiger partial charge on any atom is 0.321 e.